The number of hydrogen-bond donors (Lipinski definition) is 2. The lowest BCUT2D eigenvalue weighted by Crippen LogP contribution is -2.31. The number of nitrogens with one attached hydrogen (secondary N) is 2. The van der Waals surface area contributed by atoms with Gasteiger partial charge in [-0.15, -0.1) is 0 Å². The Morgan fingerprint density at radius 1 is 1.38 bits per heavy atom. The Bertz CT molecular complexity index is 707. The minimum Gasteiger partial charge on any atom is -0.352 e. The lowest BCUT2D eigenvalue weighted by Gasteiger charge is -2.06. The van der Waals surface area contributed by atoms with Crippen LogP contribution in [0.1, 0.15) is 33.6 Å². The number of aromatic amines is 1. The second-order valence-corrected chi connectivity index (χ2v) is 5.24. The molecule has 2 N–H and O–H groups in total. The van der Waals surface area contributed by atoms with E-state index in [1.54, 1.807) is 18.5 Å². The van der Waals surface area contributed by atoms with E-state index in [0.29, 0.717) is 13.0 Å². The zero-order chi connectivity index (χ0) is 14.7. The van der Waals surface area contributed by atoms with Crippen LogP contribution in [0.25, 0.3) is 0 Å². The van der Waals surface area contributed by atoms with E-state index < -0.39 is 0 Å². The molecule has 2 aromatic heterocycles. The molecule has 1 aliphatic rings. The van der Waals surface area contributed by atoms with E-state index in [1.807, 2.05) is 12.1 Å². The summed E-state index contributed by atoms with van der Waals surface area (Å²) >= 11 is 0. The van der Waals surface area contributed by atoms with Crippen LogP contribution in [0.3, 0.4) is 0 Å². The monoisotopic (exact) mass is 283 g/mol. The van der Waals surface area contributed by atoms with Gasteiger partial charge in [-0.05, 0) is 48.9 Å². The van der Waals surface area contributed by atoms with Gasteiger partial charge >= 0.3 is 0 Å². The molecule has 0 atom stereocenters. The Labute approximate surface area is 122 Å². The van der Waals surface area contributed by atoms with Gasteiger partial charge in [0.1, 0.15) is 5.56 Å². The third-order valence-corrected chi connectivity index (χ3v) is 3.75. The fourth-order valence-corrected chi connectivity index (χ4v) is 2.64. The van der Waals surface area contributed by atoms with E-state index in [2.05, 4.69) is 15.3 Å². The van der Waals surface area contributed by atoms with Crippen molar-refractivity contribution in [3.05, 3.63) is 63.3 Å². The number of aryl methyl sites for hydroxylation is 2. The molecule has 0 unspecified atom stereocenters. The summed E-state index contributed by atoms with van der Waals surface area (Å²) in [7, 11) is 0. The van der Waals surface area contributed by atoms with Gasteiger partial charge < -0.3 is 10.3 Å². The van der Waals surface area contributed by atoms with Crippen molar-refractivity contribution in [1.82, 2.24) is 15.3 Å². The predicted octanol–water partition coefficient (Wildman–Crippen LogP) is 1.23. The molecule has 0 saturated heterocycles. The summed E-state index contributed by atoms with van der Waals surface area (Å²) in [4.78, 5) is 30.9. The average Bonchev–Trinajstić information content (AvgIpc) is 2.94. The van der Waals surface area contributed by atoms with E-state index in [9.17, 15) is 9.59 Å². The highest BCUT2D eigenvalue weighted by Crippen LogP contribution is 2.18. The zero-order valence-corrected chi connectivity index (χ0v) is 11.7. The first-order valence-electron chi connectivity index (χ1n) is 7.16. The number of nitrogens with zero attached hydrogens (tertiary/aromatic N) is 1. The second kappa shape index (κ2) is 5.91. The quantitative estimate of drug-likeness (QED) is 0.886. The SMILES string of the molecule is O=C(NCCc1cccnc1)c1cc2c([nH]c1=O)CCC2. The standard InChI is InChI=1S/C16H17N3O2/c20-15(18-8-6-11-3-2-7-17-10-11)13-9-12-4-1-5-14(12)19-16(13)21/h2-3,7,9-10H,1,4-6,8H2,(H,18,20)(H,19,21). The Balaban J connectivity index is 1.65. The van der Waals surface area contributed by atoms with Crippen LogP contribution in [-0.2, 0) is 19.3 Å². The first kappa shape index (κ1) is 13.5. The van der Waals surface area contributed by atoms with Crippen molar-refractivity contribution in [2.24, 2.45) is 0 Å². The fourth-order valence-electron chi connectivity index (χ4n) is 2.64. The van der Waals surface area contributed by atoms with Gasteiger partial charge in [-0.3, -0.25) is 14.6 Å². The Morgan fingerprint density at radius 2 is 2.29 bits per heavy atom. The molecule has 1 aliphatic carbocycles. The van der Waals surface area contributed by atoms with Crippen molar-refractivity contribution >= 4 is 5.91 Å². The molecule has 3 rings (SSSR count). The predicted molar refractivity (Wildman–Crippen MR) is 79.4 cm³/mol. The smallest absolute Gasteiger partial charge is 0.261 e. The molecular formula is C16H17N3O2. The highest BCUT2D eigenvalue weighted by molar-refractivity contribution is 5.94. The number of rotatable bonds is 4. The topological polar surface area (TPSA) is 74.8 Å². The molecule has 108 valence electrons. The molecule has 21 heavy (non-hydrogen) atoms. The molecule has 2 aromatic rings. The van der Waals surface area contributed by atoms with Crippen LogP contribution in [0.4, 0.5) is 0 Å². The lowest BCUT2D eigenvalue weighted by atomic mass is 10.1. The van der Waals surface area contributed by atoms with Crippen molar-refractivity contribution in [2.45, 2.75) is 25.7 Å². The first-order valence-corrected chi connectivity index (χ1v) is 7.16. The number of carbonyl (C=O) groups is 1. The molecule has 0 aliphatic heterocycles. The van der Waals surface area contributed by atoms with E-state index in [0.717, 1.165) is 36.1 Å². The highest BCUT2D eigenvalue weighted by atomic mass is 16.2. The van der Waals surface area contributed by atoms with Gasteiger partial charge in [-0.1, -0.05) is 6.07 Å². The highest BCUT2D eigenvalue weighted by Gasteiger charge is 2.17. The number of hydrogen-bond acceptors (Lipinski definition) is 3. The summed E-state index contributed by atoms with van der Waals surface area (Å²) < 4.78 is 0. The molecule has 0 saturated carbocycles. The normalized spacial score (nSPS) is 13.0. The Morgan fingerprint density at radius 3 is 3.10 bits per heavy atom. The second-order valence-electron chi connectivity index (χ2n) is 5.24. The number of H-pyrrole nitrogens is 1. The van der Waals surface area contributed by atoms with Crippen molar-refractivity contribution in [3.63, 3.8) is 0 Å². The summed E-state index contributed by atoms with van der Waals surface area (Å²) in [5.41, 5.74) is 3.04. The van der Waals surface area contributed by atoms with Crippen molar-refractivity contribution < 1.29 is 4.79 Å². The van der Waals surface area contributed by atoms with Crippen molar-refractivity contribution in [2.75, 3.05) is 6.54 Å². The summed E-state index contributed by atoms with van der Waals surface area (Å²) in [6.07, 6.45) is 7.05. The number of carbonyl (C=O) groups excluding carboxylic acids is 1. The number of pyridine rings is 2. The van der Waals surface area contributed by atoms with Crippen molar-refractivity contribution in [1.29, 1.82) is 0 Å². The number of fused-ring (bicyclic) bond motifs is 1. The van der Waals surface area contributed by atoms with E-state index in [4.69, 9.17) is 0 Å². The fraction of sp³-hybridized carbons (Fsp3) is 0.312. The molecule has 0 spiro atoms. The van der Waals surface area contributed by atoms with E-state index in [-0.39, 0.29) is 17.0 Å². The van der Waals surface area contributed by atoms with Gasteiger partial charge in [-0.25, -0.2) is 0 Å². The minimum absolute atomic E-state index is 0.210. The molecule has 0 fully saturated rings. The van der Waals surface area contributed by atoms with Gasteiger partial charge in [0.25, 0.3) is 11.5 Å². The van der Waals surface area contributed by atoms with Crippen LogP contribution in [0.2, 0.25) is 0 Å². The molecule has 0 bridgehead atoms. The minimum atomic E-state index is -0.310. The maximum atomic E-state index is 12.1. The molecule has 2 heterocycles. The maximum absolute atomic E-state index is 12.1. The van der Waals surface area contributed by atoms with Gasteiger partial charge in [0.15, 0.2) is 0 Å². The maximum Gasteiger partial charge on any atom is 0.261 e. The van der Waals surface area contributed by atoms with E-state index >= 15 is 0 Å². The lowest BCUT2D eigenvalue weighted by molar-refractivity contribution is 0.0952. The molecule has 5 heteroatoms. The zero-order valence-electron chi connectivity index (χ0n) is 11.7. The first-order chi connectivity index (χ1) is 10.2. The van der Waals surface area contributed by atoms with Gasteiger partial charge in [0, 0.05) is 24.6 Å². The van der Waals surface area contributed by atoms with Crippen LogP contribution in [0.5, 0.6) is 0 Å². The third-order valence-electron chi connectivity index (χ3n) is 3.75. The average molecular weight is 283 g/mol. The van der Waals surface area contributed by atoms with Crippen LogP contribution < -0.4 is 10.9 Å². The number of aromatic nitrogens is 2. The van der Waals surface area contributed by atoms with Gasteiger partial charge in [0.2, 0.25) is 0 Å². The van der Waals surface area contributed by atoms with E-state index in [1.165, 1.54) is 0 Å². The van der Waals surface area contributed by atoms with Crippen molar-refractivity contribution in [3.8, 4) is 0 Å². The summed E-state index contributed by atoms with van der Waals surface area (Å²) in [5.74, 6) is -0.310. The van der Waals surface area contributed by atoms with Crippen LogP contribution in [0.15, 0.2) is 35.4 Å². The van der Waals surface area contributed by atoms with Crippen LogP contribution in [-0.4, -0.2) is 22.4 Å². The third kappa shape index (κ3) is 3.02. The largest absolute Gasteiger partial charge is 0.352 e. The van der Waals surface area contributed by atoms with Gasteiger partial charge in [-0.2, -0.15) is 0 Å². The number of amides is 1. The summed E-state index contributed by atoms with van der Waals surface area (Å²) in [6.45, 7) is 0.487. The van der Waals surface area contributed by atoms with Crippen LogP contribution in [0, 0.1) is 0 Å². The molecule has 0 aromatic carbocycles. The summed E-state index contributed by atoms with van der Waals surface area (Å²) in [6, 6.07) is 5.56. The summed E-state index contributed by atoms with van der Waals surface area (Å²) in [5, 5.41) is 2.79. The van der Waals surface area contributed by atoms with Crippen LogP contribution >= 0.6 is 0 Å². The molecular weight excluding hydrogens is 266 g/mol. The molecule has 1 amide bonds. The Hall–Kier alpha value is -2.43. The molecule has 5 nitrogen and oxygen atoms in total. The molecule has 0 radical (unpaired) electrons. The Kier molecular flexibility index (Phi) is 3.81. The van der Waals surface area contributed by atoms with Gasteiger partial charge in [0.05, 0.1) is 0 Å².